The zero-order chi connectivity index (χ0) is 19.8. The van der Waals surface area contributed by atoms with Crippen molar-refractivity contribution in [3.63, 3.8) is 0 Å². The first kappa shape index (κ1) is 26.2. The van der Waals surface area contributed by atoms with E-state index >= 15 is 0 Å². The fraction of sp³-hybridized carbons (Fsp3) is 0.0741. The van der Waals surface area contributed by atoms with Crippen molar-refractivity contribution in [1.82, 2.24) is 0 Å². The van der Waals surface area contributed by atoms with Gasteiger partial charge in [0, 0.05) is 0 Å². The molecule has 5 aromatic rings. The van der Waals surface area contributed by atoms with E-state index in [-0.39, 0.29) is 24.8 Å². The number of aryl methyl sites for hydroxylation is 1. The van der Waals surface area contributed by atoms with Crippen molar-refractivity contribution in [3.05, 3.63) is 120 Å². The molecule has 152 valence electrons. The molecule has 0 N–H and O–H groups in total. The van der Waals surface area contributed by atoms with Crippen LogP contribution in [0, 0.1) is 6.92 Å². The van der Waals surface area contributed by atoms with Gasteiger partial charge in [0.1, 0.15) is 0 Å². The molecule has 0 amide bonds. The fourth-order valence-corrected chi connectivity index (χ4v) is 3.47. The van der Waals surface area contributed by atoms with Crippen molar-refractivity contribution in [2.24, 2.45) is 0 Å². The smallest absolute Gasteiger partial charge is 0.0771 e. The molecule has 5 aromatic carbocycles. The van der Waals surface area contributed by atoms with Crippen molar-refractivity contribution in [2.45, 2.75) is 13.8 Å². The molecule has 0 nitrogen and oxygen atoms in total. The number of rotatable bonds is 1. The van der Waals surface area contributed by atoms with E-state index in [1.165, 1.54) is 60.1 Å². The van der Waals surface area contributed by atoms with Gasteiger partial charge in [-0.1, -0.05) is 43.3 Å². The minimum Gasteiger partial charge on any atom is -1.00 e. The van der Waals surface area contributed by atoms with Gasteiger partial charge < -0.3 is 24.8 Å². The molecule has 0 atom stereocenters. The Labute approximate surface area is 206 Å². The van der Waals surface area contributed by atoms with E-state index in [9.17, 15) is 0 Å². The third-order valence-corrected chi connectivity index (χ3v) is 5.27. The fourth-order valence-electron chi connectivity index (χ4n) is 3.06. The molecule has 0 fully saturated rings. The molecule has 0 radical (unpaired) electrons. The van der Waals surface area contributed by atoms with Gasteiger partial charge in [-0.2, -0.15) is 18.2 Å². The Bertz CT molecular complexity index is 1090. The van der Waals surface area contributed by atoms with Crippen molar-refractivity contribution in [2.75, 3.05) is 0 Å². The standard InChI is InChI=1S/C13H9.C8H8.C6H7.2ClH.Zr/c1-3-7-12-10(5-1)9-11-6-2-4-8-13(11)12;1-2-8-6-4-3-5-7-8;1-6-4-2-3-5-6;;;/h1-9H;3-7H,1H3;2-5H,1H3;2*1H;/q-1;;-1;;;+2/p-2. The van der Waals surface area contributed by atoms with Crippen molar-refractivity contribution < 1.29 is 49.0 Å². The van der Waals surface area contributed by atoms with E-state index in [1.54, 1.807) is 0 Å². The zero-order valence-corrected chi connectivity index (χ0v) is 21.1. The molecule has 0 unspecified atom stereocenters. The summed E-state index contributed by atoms with van der Waals surface area (Å²) in [7, 11) is 0. The van der Waals surface area contributed by atoms with Crippen molar-refractivity contribution in [1.29, 1.82) is 0 Å². The first-order valence-corrected chi connectivity index (χ1v) is 10.7. The largest absolute Gasteiger partial charge is 1.00 e. The Morgan fingerprint density at radius 2 is 1.20 bits per heavy atom. The third kappa shape index (κ3) is 7.48. The van der Waals surface area contributed by atoms with Crippen molar-refractivity contribution in [3.8, 4) is 0 Å². The van der Waals surface area contributed by atoms with Gasteiger partial charge in [0.25, 0.3) is 0 Å². The molecular weight excluding hydrogens is 486 g/mol. The van der Waals surface area contributed by atoms with E-state index in [1.807, 2.05) is 18.2 Å². The summed E-state index contributed by atoms with van der Waals surface area (Å²) >= 11 is 1.51. The normalized spacial score (nSPS) is 9.33. The number of fused-ring (bicyclic) bond motifs is 3. The summed E-state index contributed by atoms with van der Waals surface area (Å²) in [6.45, 7) is 4.24. The summed E-state index contributed by atoms with van der Waals surface area (Å²) in [5.74, 6) is 0. The summed E-state index contributed by atoms with van der Waals surface area (Å²) in [4.78, 5) is 0. The van der Waals surface area contributed by atoms with E-state index in [2.05, 4.69) is 105 Å². The van der Waals surface area contributed by atoms with Crippen LogP contribution in [0.25, 0.3) is 21.5 Å². The Kier molecular flexibility index (Phi) is 11.8. The van der Waals surface area contributed by atoms with Crippen LogP contribution in [0.3, 0.4) is 0 Å². The predicted octanol–water partition coefficient (Wildman–Crippen LogP) is 1.21. The van der Waals surface area contributed by atoms with Crippen LogP contribution in [-0.2, 0) is 24.2 Å². The second-order valence-corrected chi connectivity index (χ2v) is 8.62. The Morgan fingerprint density at radius 3 is 1.57 bits per heavy atom. The Balaban J connectivity index is 0.000000234. The summed E-state index contributed by atoms with van der Waals surface area (Å²) in [5.41, 5.74) is 2.71. The van der Waals surface area contributed by atoms with Gasteiger partial charge in [-0.15, -0.1) is 39.7 Å². The molecule has 0 bridgehead atoms. The molecule has 0 aliphatic rings. The maximum atomic E-state index is 2.24. The van der Waals surface area contributed by atoms with Gasteiger partial charge in [-0.05, 0) is 0 Å². The van der Waals surface area contributed by atoms with Gasteiger partial charge in [0.15, 0.2) is 0 Å². The quantitative estimate of drug-likeness (QED) is 0.298. The van der Waals surface area contributed by atoms with Gasteiger partial charge in [0.05, 0.1) is 0 Å². The molecule has 0 aromatic heterocycles. The topological polar surface area (TPSA) is 0 Å². The van der Waals surface area contributed by atoms with Crippen LogP contribution in [0.1, 0.15) is 18.1 Å². The first-order valence-electron chi connectivity index (χ1n) is 9.47. The van der Waals surface area contributed by atoms with Crippen LogP contribution in [0.2, 0.25) is 0 Å². The monoisotopic (exact) mass is 508 g/mol. The molecule has 3 heteroatoms. The van der Waals surface area contributed by atoms with Crippen LogP contribution in [0.15, 0.2) is 109 Å². The van der Waals surface area contributed by atoms with E-state index in [0.717, 1.165) is 0 Å². The van der Waals surface area contributed by atoms with Crippen molar-refractivity contribution >= 4 is 24.8 Å². The number of halogens is 2. The van der Waals surface area contributed by atoms with Crippen LogP contribution < -0.4 is 24.8 Å². The van der Waals surface area contributed by atoms with Gasteiger partial charge in [0.2, 0.25) is 0 Å². The molecule has 5 rings (SSSR count). The molecule has 0 heterocycles. The van der Waals surface area contributed by atoms with Crippen LogP contribution in [-0.4, -0.2) is 3.21 Å². The van der Waals surface area contributed by atoms with Crippen LogP contribution in [0.5, 0.6) is 0 Å². The van der Waals surface area contributed by atoms with Gasteiger partial charge in [-0.3, -0.25) is 0 Å². The number of hydrogen-bond acceptors (Lipinski definition) is 0. The molecule has 0 aliphatic carbocycles. The molecule has 0 spiro atoms. The molecule has 0 saturated carbocycles. The minimum absolute atomic E-state index is 0. The van der Waals surface area contributed by atoms with Gasteiger partial charge in [-0.25, -0.2) is 11.6 Å². The average molecular weight is 511 g/mol. The third-order valence-electron chi connectivity index (χ3n) is 4.56. The molecule has 30 heavy (non-hydrogen) atoms. The minimum atomic E-state index is 0. The van der Waals surface area contributed by atoms with E-state index in [0.29, 0.717) is 0 Å². The second-order valence-electron chi connectivity index (χ2n) is 6.77. The molecule has 0 aliphatic heterocycles. The average Bonchev–Trinajstić information content (AvgIpc) is 3.36. The summed E-state index contributed by atoms with van der Waals surface area (Å²) in [6.07, 6.45) is 0. The number of hydrogen-bond donors (Lipinski definition) is 0. The maximum Gasteiger partial charge on any atom is -0.0771 e. The summed E-state index contributed by atoms with van der Waals surface area (Å²) < 4.78 is 1.46. The van der Waals surface area contributed by atoms with Crippen LogP contribution >= 0.6 is 0 Å². The van der Waals surface area contributed by atoms with E-state index in [4.69, 9.17) is 0 Å². The second kappa shape index (κ2) is 13.5. The predicted molar refractivity (Wildman–Crippen MR) is 120 cm³/mol. The van der Waals surface area contributed by atoms with E-state index < -0.39 is 0 Å². The number of benzene rings is 3. The van der Waals surface area contributed by atoms with Gasteiger partial charge >= 0.3 is 70.3 Å². The summed E-state index contributed by atoms with van der Waals surface area (Å²) in [6, 6.07) is 38.0. The molecular formula is C27H24Cl2Zr-2. The first-order chi connectivity index (χ1) is 13.6. The zero-order valence-electron chi connectivity index (χ0n) is 17.1. The maximum absolute atomic E-state index is 2.24. The Morgan fingerprint density at radius 1 is 0.700 bits per heavy atom. The SMILES string of the molecule is C[C](=[Zr+2])c1ccccc1.Cc1cc[cH-]c1.[Cl-].[Cl-].c1ccc2c(c1)[cH-]c1ccccc12. The van der Waals surface area contributed by atoms with Crippen LogP contribution in [0.4, 0.5) is 0 Å². The Hall–Kier alpha value is -1.79. The molecule has 0 saturated heterocycles. The summed E-state index contributed by atoms with van der Waals surface area (Å²) in [5, 5.41) is 5.39.